The normalized spacial score (nSPS) is 20.3. The number of ketones is 1. The lowest BCUT2D eigenvalue weighted by Gasteiger charge is -2.33. The van der Waals surface area contributed by atoms with Gasteiger partial charge in [0.25, 0.3) is 5.76 Å². The number of dihydropyridines is 1. The second-order valence-electron chi connectivity index (χ2n) is 9.12. The molecule has 5 rings (SSSR count). The Kier molecular flexibility index (Phi) is 7.12. The van der Waals surface area contributed by atoms with E-state index >= 15 is 0 Å². The molecule has 3 aliphatic heterocycles. The first kappa shape index (κ1) is 24.4. The van der Waals surface area contributed by atoms with E-state index in [4.69, 9.17) is 18.9 Å². The third-order valence-electron chi connectivity index (χ3n) is 6.43. The van der Waals surface area contributed by atoms with Gasteiger partial charge >= 0.3 is 5.97 Å². The summed E-state index contributed by atoms with van der Waals surface area (Å²) in [6, 6.07) is 19.2. The summed E-state index contributed by atoms with van der Waals surface area (Å²) in [6.07, 6.45) is 3.43. The lowest BCUT2D eigenvalue weighted by Crippen LogP contribution is -2.32. The quantitative estimate of drug-likeness (QED) is 0.501. The maximum absolute atomic E-state index is 13.0. The van der Waals surface area contributed by atoms with E-state index in [1.54, 1.807) is 6.08 Å². The molecule has 0 saturated heterocycles. The minimum Gasteiger partial charge on any atom is -0.495 e. The summed E-state index contributed by atoms with van der Waals surface area (Å²) >= 11 is 0. The maximum atomic E-state index is 13.0. The molecule has 2 aromatic rings. The largest absolute Gasteiger partial charge is 0.495 e. The molecule has 0 aliphatic carbocycles. The van der Waals surface area contributed by atoms with Gasteiger partial charge in [-0.25, -0.2) is 4.79 Å². The predicted octanol–water partition coefficient (Wildman–Crippen LogP) is 5.18. The lowest BCUT2D eigenvalue weighted by atomic mass is 9.86. The molecule has 37 heavy (non-hydrogen) atoms. The molecule has 0 fully saturated rings. The van der Waals surface area contributed by atoms with Crippen molar-refractivity contribution in [3.05, 3.63) is 118 Å². The number of Topliss-reactive ketones (excluding diaryl/α,β-unsaturated/α-hetero) is 1. The molecule has 190 valence electrons. The number of rotatable bonds is 8. The Morgan fingerprint density at radius 3 is 2.24 bits per heavy atom. The van der Waals surface area contributed by atoms with Gasteiger partial charge in [-0.3, -0.25) is 4.79 Å². The number of cyclic esters (lactones) is 1. The summed E-state index contributed by atoms with van der Waals surface area (Å²) < 4.78 is 23.8. The number of hydrogen-bond donors (Lipinski definition) is 1. The first-order valence-electron chi connectivity index (χ1n) is 12.4. The topological polar surface area (TPSA) is 83.1 Å². The van der Waals surface area contributed by atoms with Crippen LogP contribution in [0.5, 0.6) is 0 Å². The second kappa shape index (κ2) is 10.8. The van der Waals surface area contributed by atoms with Gasteiger partial charge in [0, 0.05) is 11.3 Å². The van der Waals surface area contributed by atoms with Gasteiger partial charge in [-0.05, 0) is 43.9 Å². The summed E-state index contributed by atoms with van der Waals surface area (Å²) in [5, 5.41) is 3.33. The second-order valence-corrected chi connectivity index (χ2v) is 9.12. The first-order valence-corrected chi connectivity index (χ1v) is 12.4. The van der Waals surface area contributed by atoms with Crippen molar-refractivity contribution in [2.24, 2.45) is 5.92 Å². The Balaban J connectivity index is 1.52. The maximum Gasteiger partial charge on any atom is 0.383 e. The van der Waals surface area contributed by atoms with E-state index in [1.807, 2.05) is 67.6 Å². The molecule has 3 aliphatic rings. The minimum absolute atomic E-state index is 0.00353. The van der Waals surface area contributed by atoms with Crippen molar-refractivity contribution in [2.45, 2.75) is 39.9 Å². The number of carbonyl (C=O) groups is 2. The summed E-state index contributed by atoms with van der Waals surface area (Å²) in [4.78, 5) is 25.6. The number of nitrogens with one attached hydrogen (secondary N) is 1. The van der Waals surface area contributed by atoms with Crippen molar-refractivity contribution in [3.63, 3.8) is 0 Å². The summed E-state index contributed by atoms with van der Waals surface area (Å²) in [7, 11) is 0. The summed E-state index contributed by atoms with van der Waals surface area (Å²) in [5.41, 5.74) is 4.10. The number of ether oxygens (including phenoxy) is 4. The standard InChI is InChI=1S/C30H29NO6/c1-19-26(20(2)32)23(27-24(31-19)14-9-15-34-27)16-25-28(35-17-21-10-5-3-6-11-21)29(30(33)37-25)36-18-22-12-7-4-8-13-22/h3-8,10-13,16,23,31H,9,14-15,17-18H2,1-2H3/b25-16-. The van der Waals surface area contributed by atoms with Gasteiger partial charge in [0.2, 0.25) is 5.76 Å². The van der Waals surface area contributed by atoms with Gasteiger partial charge in [-0.1, -0.05) is 60.7 Å². The van der Waals surface area contributed by atoms with Crippen LogP contribution in [0.3, 0.4) is 0 Å². The van der Waals surface area contributed by atoms with E-state index < -0.39 is 11.9 Å². The van der Waals surface area contributed by atoms with Gasteiger partial charge in [-0.15, -0.1) is 0 Å². The Morgan fingerprint density at radius 2 is 1.62 bits per heavy atom. The molecule has 7 heteroatoms. The molecular weight excluding hydrogens is 470 g/mol. The van der Waals surface area contributed by atoms with Gasteiger partial charge in [0.05, 0.1) is 18.2 Å². The van der Waals surface area contributed by atoms with Crippen LogP contribution in [0.1, 0.15) is 37.8 Å². The molecule has 1 unspecified atom stereocenters. The molecule has 0 amide bonds. The van der Waals surface area contributed by atoms with Crippen LogP contribution in [-0.2, 0) is 41.8 Å². The van der Waals surface area contributed by atoms with Crippen molar-refractivity contribution < 1.29 is 28.5 Å². The Morgan fingerprint density at radius 1 is 1.00 bits per heavy atom. The third kappa shape index (κ3) is 5.31. The van der Waals surface area contributed by atoms with E-state index in [0.717, 1.165) is 35.4 Å². The van der Waals surface area contributed by atoms with Crippen LogP contribution < -0.4 is 5.32 Å². The average molecular weight is 500 g/mol. The minimum atomic E-state index is -0.636. The van der Waals surface area contributed by atoms with Crippen molar-refractivity contribution in [1.82, 2.24) is 5.32 Å². The number of carbonyl (C=O) groups excluding carboxylic acids is 2. The Hall–Kier alpha value is -4.26. The molecule has 1 atom stereocenters. The van der Waals surface area contributed by atoms with Crippen molar-refractivity contribution in [2.75, 3.05) is 6.61 Å². The van der Waals surface area contributed by atoms with Crippen LogP contribution in [-0.4, -0.2) is 18.4 Å². The molecular formula is C30H29NO6. The summed E-state index contributed by atoms with van der Waals surface area (Å²) in [5.74, 6) is -0.141. The van der Waals surface area contributed by atoms with E-state index in [-0.39, 0.29) is 36.3 Å². The first-order chi connectivity index (χ1) is 18.0. The zero-order chi connectivity index (χ0) is 25.8. The molecule has 0 aromatic heterocycles. The molecule has 7 nitrogen and oxygen atoms in total. The fourth-order valence-corrected chi connectivity index (χ4v) is 4.72. The molecule has 0 spiro atoms. The Labute approximate surface area is 216 Å². The number of esters is 1. The van der Waals surface area contributed by atoms with Crippen molar-refractivity contribution in [1.29, 1.82) is 0 Å². The fourth-order valence-electron chi connectivity index (χ4n) is 4.72. The van der Waals surface area contributed by atoms with E-state index in [0.29, 0.717) is 17.9 Å². The number of hydrogen-bond acceptors (Lipinski definition) is 7. The van der Waals surface area contributed by atoms with Gasteiger partial charge in [-0.2, -0.15) is 0 Å². The predicted molar refractivity (Wildman–Crippen MR) is 136 cm³/mol. The highest BCUT2D eigenvalue weighted by atomic mass is 16.6. The van der Waals surface area contributed by atoms with Crippen LogP contribution >= 0.6 is 0 Å². The van der Waals surface area contributed by atoms with Crippen LogP contribution in [0.15, 0.2) is 107 Å². The highest BCUT2D eigenvalue weighted by Gasteiger charge is 2.38. The summed E-state index contributed by atoms with van der Waals surface area (Å²) in [6.45, 7) is 4.35. The third-order valence-corrected chi connectivity index (χ3v) is 6.43. The van der Waals surface area contributed by atoms with Crippen LogP contribution in [0.4, 0.5) is 0 Å². The molecule has 3 heterocycles. The molecule has 0 saturated carbocycles. The van der Waals surface area contributed by atoms with Crippen LogP contribution in [0.2, 0.25) is 0 Å². The van der Waals surface area contributed by atoms with Gasteiger partial charge in [0.1, 0.15) is 19.0 Å². The van der Waals surface area contributed by atoms with Crippen molar-refractivity contribution >= 4 is 11.8 Å². The number of allylic oxidation sites excluding steroid dienone is 3. The average Bonchev–Trinajstić information content (AvgIpc) is 3.20. The molecule has 2 aromatic carbocycles. The molecule has 0 bridgehead atoms. The molecule has 0 radical (unpaired) electrons. The van der Waals surface area contributed by atoms with Gasteiger partial charge in [0.15, 0.2) is 11.5 Å². The van der Waals surface area contributed by atoms with Crippen LogP contribution in [0, 0.1) is 5.92 Å². The highest BCUT2D eigenvalue weighted by Crippen LogP contribution is 2.39. The van der Waals surface area contributed by atoms with Crippen molar-refractivity contribution in [3.8, 4) is 0 Å². The zero-order valence-corrected chi connectivity index (χ0v) is 20.9. The Bertz CT molecular complexity index is 1320. The lowest BCUT2D eigenvalue weighted by molar-refractivity contribution is -0.136. The fraction of sp³-hybridized carbons (Fsp3) is 0.267. The van der Waals surface area contributed by atoms with Gasteiger partial charge < -0.3 is 24.3 Å². The number of benzene rings is 2. The highest BCUT2D eigenvalue weighted by molar-refractivity contribution is 5.96. The smallest absolute Gasteiger partial charge is 0.383 e. The monoisotopic (exact) mass is 499 g/mol. The zero-order valence-electron chi connectivity index (χ0n) is 20.9. The van der Waals surface area contributed by atoms with Crippen LogP contribution in [0.25, 0.3) is 0 Å². The SMILES string of the molecule is CC(=O)C1=C(C)NC2=C(OCCC2)C1/C=C1\OC(=O)C(OCc2ccccc2)=C1OCc1ccccc1. The van der Waals surface area contributed by atoms with E-state index in [9.17, 15) is 9.59 Å². The molecule has 1 N–H and O–H groups in total. The van der Waals surface area contributed by atoms with E-state index in [2.05, 4.69) is 5.32 Å². The van der Waals surface area contributed by atoms with E-state index in [1.165, 1.54) is 6.92 Å².